The van der Waals surface area contributed by atoms with Crippen molar-refractivity contribution in [3.05, 3.63) is 68.0 Å². The molecule has 2 aliphatic heterocycles. The molecule has 0 aliphatic carbocycles. The Morgan fingerprint density at radius 3 is 2.52 bits per heavy atom. The van der Waals surface area contributed by atoms with Gasteiger partial charge >= 0.3 is 5.69 Å². The third kappa shape index (κ3) is 3.75. The Morgan fingerprint density at radius 2 is 1.83 bits per heavy atom. The minimum atomic E-state index is -0.641. The van der Waals surface area contributed by atoms with Crippen LogP contribution in [0.4, 0.5) is 0 Å². The largest absolute Gasteiger partial charge is 0.341 e. The maximum Gasteiger partial charge on any atom is 0.331 e. The quantitative estimate of drug-likeness (QED) is 0.785. The molecule has 1 fully saturated rings. The first kappa shape index (κ1) is 19.2. The second-order valence-electron chi connectivity index (χ2n) is 7.88. The summed E-state index contributed by atoms with van der Waals surface area (Å²) < 4.78 is 2.41. The van der Waals surface area contributed by atoms with Crippen molar-refractivity contribution in [3.63, 3.8) is 0 Å². The number of hydrogen-bond donors (Lipinski definition) is 0. The Bertz CT molecular complexity index is 1070. The van der Waals surface area contributed by atoms with Gasteiger partial charge in [0.2, 0.25) is 5.91 Å². The summed E-state index contributed by atoms with van der Waals surface area (Å²) in [4.78, 5) is 39.8. The minimum absolute atomic E-state index is 0.00327. The van der Waals surface area contributed by atoms with Crippen molar-refractivity contribution in [3.8, 4) is 6.07 Å². The third-order valence-electron chi connectivity index (χ3n) is 6.07. The lowest BCUT2D eigenvalue weighted by Crippen LogP contribution is -2.47. The van der Waals surface area contributed by atoms with E-state index in [2.05, 4.69) is 12.1 Å². The summed E-state index contributed by atoms with van der Waals surface area (Å²) in [5, 5.41) is 9.36. The van der Waals surface area contributed by atoms with E-state index >= 15 is 0 Å². The Hall–Kier alpha value is -3.14. The number of nitriles is 1. The minimum Gasteiger partial charge on any atom is -0.341 e. The molecule has 150 valence electrons. The fourth-order valence-corrected chi connectivity index (χ4v) is 4.46. The van der Waals surface area contributed by atoms with E-state index in [1.807, 2.05) is 24.3 Å². The van der Waals surface area contributed by atoms with Gasteiger partial charge in [0.25, 0.3) is 5.56 Å². The van der Waals surface area contributed by atoms with Gasteiger partial charge in [-0.3, -0.25) is 14.2 Å². The molecule has 0 bridgehead atoms. The molecule has 3 heterocycles. The maximum absolute atomic E-state index is 12.8. The zero-order chi connectivity index (χ0) is 20.4. The molecule has 2 aliphatic rings. The fraction of sp³-hybridized carbons (Fsp3) is 0.455. The van der Waals surface area contributed by atoms with Crippen LogP contribution >= 0.6 is 0 Å². The number of rotatable bonds is 4. The van der Waals surface area contributed by atoms with Crippen LogP contribution in [0.25, 0.3) is 0 Å². The Morgan fingerprint density at radius 1 is 1.10 bits per heavy atom. The molecule has 7 heteroatoms. The summed E-state index contributed by atoms with van der Waals surface area (Å²) in [6, 6.07) is 12.3. The summed E-state index contributed by atoms with van der Waals surface area (Å²) in [5.74, 6) is 0.296. The number of aromatic nitrogens is 2. The molecule has 2 aromatic rings. The number of likely N-dealkylation sites (tertiary alicyclic amines) is 1. The predicted octanol–water partition coefficient (Wildman–Crippen LogP) is 1.31. The monoisotopic (exact) mass is 392 g/mol. The molecule has 0 unspecified atom stereocenters. The van der Waals surface area contributed by atoms with E-state index in [4.69, 9.17) is 0 Å². The maximum atomic E-state index is 12.8. The van der Waals surface area contributed by atoms with E-state index < -0.39 is 11.2 Å². The zero-order valence-corrected chi connectivity index (χ0v) is 16.3. The highest BCUT2D eigenvalue weighted by molar-refractivity contribution is 5.76. The number of hydrogen-bond acceptors (Lipinski definition) is 4. The van der Waals surface area contributed by atoms with E-state index in [-0.39, 0.29) is 18.0 Å². The van der Waals surface area contributed by atoms with Crippen molar-refractivity contribution in [1.29, 1.82) is 5.26 Å². The highest BCUT2D eigenvalue weighted by Crippen LogP contribution is 2.22. The normalized spacial score (nSPS) is 16.4. The molecule has 29 heavy (non-hydrogen) atoms. The van der Waals surface area contributed by atoms with Crippen molar-refractivity contribution in [1.82, 2.24) is 14.0 Å². The molecule has 1 amide bonds. The molecule has 0 saturated carbocycles. The van der Waals surface area contributed by atoms with E-state index in [1.165, 1.54) is 10.1 Å². The number of nitrogens with zero attached hydrogens (tertiary/aromatic N) is 4. The SMILES string of the molecule is N#Cc1c2n(c(=O)n(CC(=O)N3CCC(Cc4ccccc4)CC3)c1=O)CCC2. The first-order valence-corrected chi connectivity index (χ1v) is 10.2. The van der Waals surface area contributed by atoms with Crippen LogP contribution in [0.15, 0.2) is 39.9 Å². The average molecular weight is 392 g/mol. The molecular formula is C22H24N4O3. The molecule has 0 N–H and O–H groups in total. The second kappa shape index (κ2) is 8.08. The van der Waals surface area contributed by atoms with E-state index in [0.717, 1.165) is 30.3 Å². The van der Waals surface area contributed by atoms with Gasteiger partial charge in [-0.05, 0) is 43.6 Å². The molecule has 0 radical (unpaired) electrons. The summed E-state index contributed by atoms with van der Waals surface area (Å²) in [7, 11) is 0. The van der Waals surface area contributed by atoms with Gasteiger partial charge in [0, 0.05) is 25.3 Å². The molecule has 4 rings (SSSR count). The van der Waals surface area contributed by atoms with Gasteiger partial charge in [0.1, 0.15) is 18.2 Å². The first-order chi connectivity index (χ1) is 14.1. The molecule has 1 aromatic heterocycles. The smallest absolute Gasteiger partial charge is 0.331 e. The topological polar surface area (TPSA) is 88.1 Å². The standard InChI is InChI=1S/C22H24N4O3/c23-14-18-19-7-4-10-25(19)22(29)26(21(18)28)15-20(27)24-11-8-17(9-12-24)13-16-5-2-1-3-6-16/h1-3,5-6,17H,4,7-13,15H2. The van der Waals surface area contributed by atoms with E-state index in [1.54, 1.807) is 4.90 Å². The van der Waals surface area contributed by atoms with Gasteiger partial charge in [-0.1, -0.05) is 30.3 Å². The number of amides is 1. The second-order valence-corrected chi connectivity index (χ2v) is 7.88. The Balaban J connectivity index is 1.44. The number of fused-ring (bicyclic) bond motifs is 1. The van der Waals surface area contributed by atoms with Crippen LogP contribution in [0.3, 0.4) is 0 Å². The number of carbonyl (C=O) groups excluding carboxylic acids is 1. The lowest BCUT2D eigenvalue weighted by molar-refractivity contribution is -0.133. The van der Waals surface area contributed by atoms with Crippen molar-refractivity contribution < 1.29 is 4.79 Å². The van der Waals surface area contributed by atoms with Crippen molar-refractivity contribution in [2.45, 2.75) is 45.2 Å². The fourth-order valence-electron chi connectivity index (χ4n) is 4.46. The van der Waals surface area contributed by atoms with Crippen molar-refractivity contribution in [2.75, 3.05) is 13.1 Å². The van der Waals surface area contributed by atoms with Crippen LogP contribution in [0.1, 0.15) is 36.1 Å². The predicted molar refractivity (Wildman–Crippen MR) is 107 cm³/mol. The number of carbonyl (C=O) groups is 1. The van der Waals surface area contributed by atoms with E-state index in [0.29, 0.717) is 37.7 Å². The lowest BCUT2D eigenvalue weighted by atomic mass is 9.90. The molecular weight excluding hydrogens is 368 g/mol. The molecule has 0 spiro atoms. The highest BCUT2D eigenvalue weighted by atomic mass is 16.2. The summed E-state index contributed by atoms with van der Waals surface area (Å²) in [6.45, 7) is 1.45. The first-order valence-electron chi connectivity index (χ1n) is 10.2. The number of benzene rings is 1. The summed E-state index contributed by atoms with van der Waals surface area (Å²) in [6.07, 6.45) is 4.09. The van der Waals surface area contributed by atoms with Crippen LogP contribution in [-0.4, -0.2) is 33.0 Å². The van der Waals surface area contributed by atoms with Gasteiger partial charge in [0.05, 0.1) is 0 Å². The van der Waals surface area contributed by atoms with Gasteiger partial charge in [-0.15, -0.1) is 0 Å². The van der Waals surface area contributed by atoms with Gasteiger partial charge in [-0.25, -0.2) is 9.36 Å². The van der Waals surface area contributed by atoms with Gasteiger partial charge in [-0.2, -0.15) is 5.26 Å². The Labute approximate surface area is 168 Å². The van der Waals surface area contributed by atoms with Crippen LogP contribution in [0.2, 0.25) is 0 Å². The van der Waals surface area contributed by atoms with Crippen molar-refractivity contribution in [2.24, 2.45) is 5.92 Å². The molecule has 1 saturated heterocycles. The highest BCUT2D eigenvalue weighted by Gasteiger charge is 2.27. The summed E-state index contributed by atoms with van der Waals surface area (Å²) >= 11 is 0. The molecule has 0 atom stereocenters. The molecule has 7 nitrogen and oxygen atoms in total. The summed E-state index contributed by atoms with van der Waals surface area (Å²) in [5.41, 5.74) is 0.690. The van der Waals surface area contributed by atoms with Crippen LogP contribution < -0.4 is 11.2 Å². The average Bonchev–Trinajstić information content (AvgIpc) is 3.22. The third-order valence-corrected chi connectivity index (χ3v) is 6.07. The van der Waals surface area contributed by atoms with Crippen molar-refractivity contribution >= 4 is 5.91 Å². The Kier molecular flexibility index (Phi) is 5.34. The lowest BCUT2D eigenvalue weighted by Gasteiger charge is -2.32. The van der Waals surface area contributed by atoms with E-state index in [9.17, 15) is 19.6 Å². The molecule has 1 aromatic carbocycles. The van der Waals surface area contributed by atoms with Gasteiger partial charge < -0.3 is 4.90 Å². The number of piperidine rings is 1. The van der Waals surface area contributed by atoms with Crippen LogP contribution in [0, 0.1) is 17.2 Å². The van der Waals surface area contributed by atoms with Crippen LogP contribution in [-0.2, 0) is 30.7 Å². The zero-order valence-electron chi connectivity index (χ0n) is 16.3. The van der Waals surface area contributed by atoms with Crippen LogP contribution in [0.5, 0.6) is 0 Å². The van der Waals surface area contributed by atoms with Gasteiger partial charge in [0.15, 0.2) is 0 Å².